The highest BCUT2D eigenvalue weighted by atomic mass is 32.2. The fourth-order valence-electron chi connectivity index (χ4n) is 5.47. The second kappa shape index (κ2) is 15.8. The highest BCUT2D eigenvalue weighted by Gasteiger charge is 2.22. The molecule has 2 aromatic carbocycles. The molecule has 0 spiro atoms. The van der Waals surface area contributed by atoms with Gasteiger partial charge in [-0.1, -0.05) is 0 Å². The fourth-order valence-corrected chi connectivity index (χ4v) is 7.76. The number of piperazine rings is 1. The SMILES string of the molecule is CC(=O)NS(=O)(=O)c1ccc(NC(=S)N2CCN(c3ncnc4[nH]ccc34)CC2)cc1.CC(=O)NS(=O)(=O)c1ccc(Nc2ncnc3[nH]ccc23)cc1. The Labute approximate surface area is 314 Å². The highest BCUT2D eigenvalue weighted by molar-refractivity contribution is 7.90. The van der Waals surface area contributed by atoms with E-state index in [4.69, 9.17) is 12.2 Å². The molecule has 280 valence electrons. The molecule has 1 saturated heterocycles. The van der Waals surface area contributed by atoms with Crippen LogP contribution < -0.4 is 25.0 Å². The van der Waals surface area contributed by atoms with Gasteiger partial charge in [0.25, 0.3) is 20.0 Å². The summed E-state index contributed by atoms with van der Waals surface area (Å²) in [4.78, 5) is 49.3. The smallest absolute Gasteiger partial charge is 0.264 e. The molecular weight excluding hydrogens is 757 g/mol. The van der Waals surface area contributed by atoms with Gasteiger partial charge in [0.15, 0.2) is 5.11 Å². The monoisotopic (exact) mass is 790 g/mol. The average Bonchev–Trinajstić information content (AvgIpc) is 3.82. The summed E-state index contributed by atoms with van der Waals surface area (Å²) in [5, 5.41) is 8.61. The molecule has 1 aliphatic heterocycles. The molecule has 18 nitrogen and oxygen atoms in total. The summed E-state index contributed by atoms with van der Waals surface area (Å²) < 4.78 is 51.7. The van der Waals surface area contributed by atoms with Crippen molar-refractivity contribution in [2.75, 3.05) is 41.7 Å². The van der Waals surface area contributed by atoms with E-state index in [1.165, 1.54) is 30.6 Å². The van der Waals surface area contributed by atoms with Crippen molar-refractivity contribution in [1.29, 1.82) is 0 Å². The molecule has 6 N–H and O–H groups in total. The Balaban J connectivity index is 0.000000193. The molecule has 0 radical (unpaired) electrons. The summed E-state index contributed by atoms with van der Waals surface area (Å²) in [5.41, 5.74) is 2.84. The molecule has 0 bridgehead atoms. The number of aromatic amines is 2. The van der Waals surface area contributed by atoms with Gasteiger partial charge in [-0.25, -0.2) is 46.2 Å². The Hall–Kier alpha value is -6.19. The third-order valence-electron chi connectivity index (χ3n) is 7.95. The zero-order valence-electron chi connectivity index (χ0n) is 28.8. The minimum absolute atomic E-state index is 0.00716. The van der Waals surface area contributed by atoms with E-state index < -0.39 is 31.9 Å². The van der Waals surface area contributed by atoms with Crippen molar-refractivity contribution in [3.05, 3.63) is 85.7 Å². The Kier molecular flexibility index (Phi) is 11.0. The first-order valence-electron chi connectivity index (χ1n) is 16.2. The molecule has 2 amide bonds. The zero-order valence-corrected chi connectivity index (χ0v) is 31.2. The molecule has 6 aromatic rings. The first kappa shape index (κ1) is 37.6. The molecule has 4 aromatic heterocycles. The van der Waals surface area contributed by atoms with Crippen LogP contribution in [0.1, 0.15) is 13.8 Å². The third kappa shape index (κ3) is 8.87. The van der Waals surface area contributed by atoms with Gasteiger partial charge < -0.3 is 30.4 Å². The summed E-state index contributed by atoms with van der Waals surface area (Å²) in [5.74, 6) is 0.235. The summed E-state index contributed by atoms with van der Waals surface area (Å²) in [6, 6.07) is 15.9. The maximum Gasteiger partial charge on any atom is 0.264 e. The van der Waals surface area contributed by atoms with Gasteiger partial charge in [0, 0.05) is 63.8 Å². The fraction of sp³-hybridized carbons (Fsp3) is 0.182. The quantitative estimate of drug-likeness (QED) is 0.122. The van der Waals surface area contributed by atoms with Gasteiger partial charge in [0.1, 0.15) is 35.6 Å². The van der Waals surface area contributed by atoms with Crippen molar-refractivity contribution in [2.24, 2.45) is 0 Å². The lowest BCUT2D eigenvalue weighted by atomic mass is 10.3. The van der Waals surface area contributed by atoms with Gasteiger partial charge in [-0.05, 0) is 72.9 Å². The van der Waals surface area contributed by atoms with Gasteiger partial charge in [-0.15, -0.1) is 0 Å². The van der Waals surface area contributed by atoms with Crippen LogP contribution in [0.5, 0.6) is 0 Å². The van der Waals surface area contributed by atoms with Crippen LogP contribution in [0.25, 0.3) is 22.1 Å². The van der Waals surface area contributed by atoms with Crippen LogP contribution in [0, 0.1) is 0 Å². The van der Waals surface area contributed by atoms with Crippen molar-refractivity contribution in [3.63, 3.8) is 0 Å². The van der Waals surface area contributed by atoms with Gasteiger partial charge in [-0.3, -0.25) is 9.59 Å². The number of hydrogen-bond donors (Lipinski definition) is 6. The van der Waals surface area contributed by atoms with Crippen LogP contribution in [-0.2, 0) is 29.6 Å². The Morgan fingerprint density at radius 1 is 0.667 bits per heavy atom. The molecule has 0 unspecified atom stereocenters. The largest absolute Gasteiger partial charge is 0.352 e. The molecule has 54 heavy (non-hydrogen) atoms. The topological polar surface area (TPSA) is 240 Å². The molecular formula is C33H34N12O6S3. The lowest BCUT2D eigenvalue weighted by Gasteiger charge is -2.37. The molecule has 7 rings (SSSR count). The van der Waals surface area contributed by atoms with Crippen LogP contribution in [0.15, 0.2) is 95.5 Å². The number of hydrogen-bond acceptors (Lipinski definition) is 13. The van der Waals surface area contributed by atoms with E-state index in [0.29, 0.717) is 28.0 Å². The van der Waals surface area contributed by atoms with E-state index >= 15 is 0 Å². The Morgan fingerprint density at radius 2 is 1.17 bits per heavy atom. The van der Waals surface area contributed by atoms with E-state index in [9.17, 15) is 26.4 Å². The number of benzene rings is 2. The number of amides is 2. The summed E-state index contributed by atoms with van der Waals surface area (Å²) >= 11 is 5.53. The van der Waals surface area contributed by atoms with E-state index in [1.807, 2.05) is 27.8 Å². The van der Waals surface area contributed by atoms with Gasteiger partial charge in [-0.2, -0.15) is 0 Å². The molecule has 0 atom stereocenters. The van der Waals surface area contributed by atoms with Gasteiger partial charge in [0.2, 0.25) is 11.8 Å². The van der Waals surface area contributed by atoms with E-state index in [2.05, 4.69) is 50.3 Å². The van der Waals surface area contributed by atoms with E-state index in [0.717, 1.165) is 62.3 Å². The summed E-state index contributed by atoms with van der Waals surface area (Å²) in [7, 11) is -7.69. The zero-order chi connectivity index (χ0) is 38.5. The number of carbonyl (C=O) groups excluding carboxylic acids is 2. The minimum Gasteiger partial charge on any atom is -0.352 e. The molecule has 1 aliphatic rings. The van der Waals surface area contributed by atoms with Crippen LogP contribution in [0.4, 0.5) is 23.0 Å². The Morgan fingerprint density at radius 3 is 1.72 bits per heavy atom. The van der Waals surface area contributed by atoms with Crippen LogP contribution in [0.3, 0.4) is 0 Å². The van der Waals surface area contributed by atoms with Crippen molar-refractivity contribution >= 4 is 94.3 Å². The number of nitrogens with zero attached hydrogens (tertiary/aromatic N) is 6. The minimum atomic E-state index is -3.86. The predicted molar refractivity (Wildman–Crippen MR) is 206 cm³/mol. The highest BCUT2D eigenvalue weighted by Crippen LogP contribution is 2.25. The Bertz CT molecular complexity index is 2530. The number of fused-ring (bicyclic) bond motifs is 2. The maximum atomic E-state index is 12.0. The van der Waals surface area contributed by atoms with Crippen LogP contribution >= 0.6 is 12.2 Å². The second-order valence-corrected chi connectivity index (χ2v) is 15.6. The number of nitrogens with one attached hydrogen (secondary N) is 6. The van der Waals surface area contributed by atoms with Crippen molar-refractivity contribution in [3.8, 4) is 0 Å². The number of carbonyl (C=O) groups is 2. The molecule has 0 aliphatic carbocycles. The lowest BCUT2D eigenvalue weighted by Crippen LogP contribution is -2.50. The second-order valence-electron chi connectivity index (χ2n) is 11.8. The summed E-state index contributed by atoms with van der Waals surface area (Å²) in [6.45, 7) is 5.25. The van der Waals surface area contributed by atoms with Crippen molar-refractivity contribution in [1.82, 2.24) is 44.2 Å². The van der Waals surface area contributed by atoms with E-state index in [1.54, 1.807) is 36.8 Å². The number of rotatable bonds is 8. The molecule has 0 saturated carbocycles. The standard InChI is InChI=1S/C19H21N7O3S2.C14H13N5O3S/c1-13(27)24-31(28,29)15-4-2-14(3-5-15)23-19(30)26-10-8-25(9-11-26)18-16-6-7-20-17(16)21-12-22-18;1-9(20)19-23(21,22)11-4-2-10(3-5-11)18-14-12-6-7-15-13(12)16-8-17-14/h2-7,12H,8-11H2,1H3,(H,23,30)(H,24,27)(H,20,21,22);2-8H,1H3,(H,19,20)(H2,15,16,17,18). The average molecular weight is 791 g/mol. The molecule has 5 heterocycles. The normalized spacial score (nSPS) is 13.1. The predicted octanol–water partition coefficient (Wildman–Crippen LogP) is 2.83. The number of anilines is 4. The summed E-state index contributed by atoms with van der Waals surface area (Å²) in [6.07, 6.45) is 6.60. The number of thiocarbonyl (C=S) groups is 1. The first-order chi connectivity index (χ1) is 25.8. The van der Waals surface area contributed by atoms with Crippen molar-refractivity contribution < 1.29 is 26.4 Å². The van der Waals surface area contributed by atoms with Crippen LogP contribution in [0.2, 0.25) is 0 Å². The third-order valence-corrected chi connectivity index (χ3v) is 11.2. The number of aromatic nitrogens is 6. The number of sulfonamides is 2. The lowest BCUT2D eigenvalue weighted by molar-refractivity contribution is -0.118. The number of H-pyrrole nitrogens is 2. The first-order valence-corrected chi connectivity index (χ1v) is 19.6. The van der Waals surface area contributed by atoms with Crippen molar-refractivity contribution in [2.45, 2.75) is 23.6 Å². The molecule has 21 heteroatoms. The van der Waals surface area contributed by atoms with Gasteiger partial charge >= 0.3 is 0 Å². The van der Waals surface area contributed by atoms with Gasteiger partial charge in [0.05, 0.1) is 20.6 Å². The van der Waals surface area contributed by atoms with Crippen LogP contribution in [-0.4, -0.2) is 94.7 Å². The maximum absolute atomic E-state index is 12.0. The molecule has 1 fully saturated rings. The van der Waals surface area contributed by atoms with E-state index in [-0.39, 0.29) is 9.79 Å².